The Bertz CT molecular complexity index is 1260. The van der Waals surface area contributed by atoms with Crippen molar-refractivity contribution in [3.8, 4) is 0 Å². The third-order valence-corrected chi connectivity index (χ3v) is 12.1. The SMILES string of the molecule is CC[C@H]1CCC[C@H](O[C@H]2CC[C@H](N(C)C)C(C)O2)[C@@H](C)C(=O)C2=C[C@@H]3[C@@H](CC(=O)C4C[C@@H](O[C@H](O)/C(OC)=C(/C)OC)C[C@H]43)[C@@H]2CC(=O)O1. The Kier molecular flexibility index (Phi) is 12.7. The molecule has 11 nitrogen and oxygen atoms in total. The zero-order valence-corrected chi connectivity index (χ0v) is 30.7. The molecule has 2 heterocycles. The fraction of sp³-hybridized carbons (Fsp3) is 0.816. The highest BCUT2D eigenvalue weighted by Gasteiger charge is 2.55. The fourth-order valence-corrected chi connectivity index (χ4v) is 9.36. The Morgan fingerprint density at radius 2 is 1.76 bits per heavy atom. The first-order valence-corrected chi connectivity index (χ1v) is 18.4. The predicted molar refractivity (Wildman–Crippen MR) is 181 cm³/mol. The van der Waals surface area contributed by atoms with E-state index < -0.39 is 18.1 Å². The second kappa shape index (κ2) is 16.4. The highest BCUT2D eigenvalue weighted by molar-refractivity contribution is 5.99. The zero-order chi connectivity index (χ0) is 35.6. The van der Waals surface area contributed by atoms with Gasteiger partial charge in [-0.2, -0.15) is 0 Å². The minimum atomic E-state index is -1.33. The van der Waals surface area contributed by atoms with Gasteiger partial charge in [0.15, 0.2) is 17.8 Å². The molecule has 5 aliphatic rings. The number of aliphatic hydroxyl groups excluding tert-OH is 1. The smallest absolute Gasteiger partial charge is 0.306 e. The molecule has 276 valence electrons. The van der Waals surface area contributed by atoms with Crippen LogP contribution < -0.4 is 0 Å². The van der Waals surface area contributed by atoms with E-state index in [0.717, 1.165) is 19.3 Å². The summed E-state index contributed by atoms with van der Waals surface area (Å²) >= 11 is 0. The Hall–Kier alpha value is -2.31. The molecule has 1 N–H and O–H groups in total. The van der Waals surface area contributed by atoms with Crippen LogP contribution in [0.3, 0.4) is 0 Å². The van der Waals surface area contributed by atoms with E-state index in [-0.39, 0.29) is 84.1 Å². The summed E-state index contributed by atoms with van der Waals surface area (Å²) in [6.45, 7) is 7.73. The molecule has 0 aromatic rings. The number of nitrogens with zero attached hydrogens (tertiary/aromatic N) is 1. The number of aliphatic hydroxyl groups is 1. The number of likely N-dealkylation sites (N-methyl/N-ethyl adjacent to an activating group) is 1. The molecule has 13 atom stereocenters. The van der Waals surface area contributed by atoms with Crippen molar-refractivity contribution in [2.75, 3.05) is 28.3 Å². The standard InChI is InChI=1S/C38H59NO10/c1-9-23-11-10-12-33(49-35-14-13-31(39(5)6)21(3)46-35)20(2)36(42)30-17-26-25-15-24(48-38(43)37(45-8)22(4)44-7)16-29(25)32(40)18-27(26)28(30)19-34(41)47-23/h17,20-21,23-29,31,33,35,38,43H,9-16,18-19H2,1-8H3/b37-22+/t20-,21?,23+,24+,25+,26+,27-,28+,29?,31+,33+,35+,38+/m1/s1. The average molecular weight is 690 g/mol. The summed E-state index contributed by atoms with van der Waals surface area (Å²) in [5.41, 5.74) is 0.630. The van der Waals surface area contributed by atoms with Gasteiger partial charge in [-0.15, -0.1) is 0 Å². The van der Waals surface area contributed by atoms with Crippen molar-refractivity contribution in [3.63, 3.8) is 0 Å². The molecule has 49 heavy (non-hydrogen) atoms. The number of ketones is 2. The molecule has 0 spiro atoms. The van der Waals surface area contributed by atoms with Gasteiger partial charge >= 0.3 is 5.97 Å². The van der Waals surface area contributed by atoms with Crippen LogP contribution in [0.1, 0.15) is 91.9 Å². The lowest BCUT2D eigenvalue weighted by molar-refractivity contribution is -0.231. The first-order valence-electron chi connectivity index (χ1n) is 18.4. The highest BCUT2D eigenvalue weighted by Crippen LogP contribution is 2.55. The molecule has 2 saturated carbocycles. The molecule has 11 heteroatoms. The normalized spacial score (nSPS) is 39.8. The van der Waals surface area contributed by atoms with Gasteiger partial charge in [0.2, 0.25) is 6.29 Å². The number of fused-ring (bicyclic) bond motifs is 5. The van der Waals surface area contributed by atoms with Crippen LogP contribution in [0.4, 0.5) is 0 Å². The number of carbonyl (C=O) groups is 3. The molecule has 5 rings (SSSR count). The van der Waals surface area contributed by atoms with Crippen LogP contribution in [0.5, 0.6) is 0 Å². The Morgan fingerprint density at radius 3 is 2.41 bits per heavy atom. The Balaban J connectivity index is 1.39. The second-order valence-corrected chi connectivity index (χ2v) is 15.2. The van der Waals surface area contributed by atoms with Gasteiger partial charge in [0.25, 0.3) is 0 Å². The molecule has 0 aromatic heterocycles. The van der Waals surface area contributed by atoms with Crippen molar-refractivity contribution in [3.05, 3.63) is 23.2 Å². The Morgan fingerprint density at radius 1 is 1.00 bits per heavy atom. The highest BCUT2D eigenvalue weighted by atomic mass is 16.7. The van der Waals surface area contributed by atoms with Gasteiger partial charge in [0.1, 0.15) is 17.6 Å². The number of hydrogen-bond acceptors (Lipinski definition) is 11. The van der Waals surface area contributed by atoms with E-state index in [1.54, 1.807) is 6.92 Å². The fourth-order valence-electron chi connectivity index (χ4n) is 9.36. The maximum absolute atomic E-state index is 14.5. The van der Waals surface area contributed by atoms with E-state index in [1.165, 1.54) is 14.2 Å². The monoisotopic (exact) mass is 689 g/mol. The Labute approximate surface area is 292 Å². The molecule has 2 aliphatic heterocycles. The second-order valence-electron chi connectivity index (χ2n) is 15.2. The van der Waals surface area contributed by atoms with Crippen molar-refractivity contribution >= 4 is 17.5 Å². The number of methoxy groups -OCH3 is 2. The maximum atomic E-state index is 14.5. The average Bonchev–Trinajstić information content (AvgIpc) is 3.64. The van der Waals surface area contributed by atoms with E-state index >= 15 is 0 Å². The van der Waals surface area contributed by atoms with E-state index in [0.29, 0.717) is 55.9 Å². The molecule has 4 fully saturated rings. The van der Waals surface area contributed by atoms with Crippen LogP contribution in [-0.4, -0.2) is 98.9 Å². The summed E-state index contributed by atoms with van der Waals surface area (Å²) in [6.07, 6.45) is 5.36. The van der Waals surface area contributed by atoms with Crippen LogP contribution in [0.2, 0.25) is 0 Å². The summed E-state index contributed by atoms with van der Waals surface area (Å²) in [5.74, 6) is -0.991. The van der Waals surface area contributed by atoms with Crippen molar-refractivity contribution in [1.29, 1.82) is 0 Å². The number of esters is 1. The third kappa shape index (κ3) is 8.27. The van der Waals surface area contributed by atoms with Gasteiger partial charge in [0, 0.05) is 30.2 Å². The number of ether oxygens (including phenoxy) is 6. The summed E-state index contributed by atoms with van der Waals surface area (Å²) in [5, 5.41) is 10.8. The lowest BCUT2D eigenvalue weighted by Gasteiger charge is -2.40. The van der Waals surface area contributed by atoms with Crippen LogP contribution in [0.25, 0.3) is 0 Å². The molecule has 2 saturated heterocycles. The number of allylic oxidation sites excluding steroid dienone is 3. The van der Waals surface area contributed by atoms with Gasteiger partial charge in [-0.05, 0) is 103 Å². The topological polar surface area (TPSA) is 130 Å². The molecule has 2 unspecified atom stereocenters. The minimum Gasteiger partial charge on any atom is -0.498 e. The molecule has 0 amide bonds. The van der Waals surface area contributed by atoms with Crippen LogP contribution in [0.15, 0.2) is 23.2 Å². The maximum Gasteiger partial charge on any atom is 0.306 e. The van der Waals surface area contributed by atoms with Gasteiger partial charge in [-0.3, -0.25) is 14.4 Å². The lowest BCUT2D eigenvalue weighted by atomic mass is 9.65. The lowest BCUT2D eigenvalue weighted by Crippen LogP contribution is -2.47. The van der Waals surface area contributed by atoms with Crippen molar-refractivity contribution < 1.29 is 47.9 Å². The molecular weight excluding hydrogens is 630 g/mol. The van der Waals surface area contributed by atoms with E-state index in [2.05, 4.69) is 32.0 Å². The zero-order valence-electron chi connectivity index (χ0n) is 30.7. The number of Topliss-reactive ketones (excluding diaryl/α,β-unsaturated/α-hetero) is 2. The van der Waals surface area contributed by atoms with Crippen molar-refractivity contribution in [2.45, 2.75) is 135 Å². The first-order chi connectivity index (χ1) is 23.4. The van der Waals surface area contributed by atoms with Gasteiger partial charge < -0.3 is 38.4 Å². The quantitative estimate of drug-likeness (QED) is 0.201. The van der Waals surface area contributed by atoms with Gasteiger partial charge in [0.05, 0.1) is 39.0 Å². The van der Waals surface area contributed by atoms with E-state index in [4.69, 9.17) is 28.4 Å². The first kappa shape index (κ1) is 37.9. The van der Waals surface area contributed by atoms with Crippen LogP contribution in [0, 0.1) is 35.5 Å². The van der Waals surface area contributed by atoms with Crippen molar-refractivity contribution in [1.82, 2.24) is 4.90 Å². The summed E-state index contributed by atoms with van der Waals surface area (Å²) in [7, 11) is 7.07. The van der Waals surface area contributed by atoms with E-state index in [9.17, 15) is 19.5 Å². The van der Waals surface area contributed by atoms with Gasteiger partial charge in [-0.1, -0.05) is 19.9 Å². The molecular formula is C38H59NO10. The molecule has 0 bridgehead atoms. The van der Waals surface area contributed by atoms with Crippen molar-refractivity contribution in [2.24, 2.45) is 35.5 Å². The van der Waals surface area contributed by atoms with E-state index in [1.807, 2.05) is 13.8 Å². The van der Waals surface area contributed by atoms with Crippen LogP contribution in [-0.2, 0) is 42.8 Å². The number of hydrogen-bond donors (Lipinski definition) is 1. The third-order valence-electron chi connectivity index (χ3n) is 12.1. The predicted octanol–water partition coefficient (Wildman–Crippen LogP) is 4.94. The summed E-state index contributed by atoms with van der Waals surface area (Å²) < 4.78 is 35.6. The largest absolute Gasteiger partial charge is 0.498 e. The number of rotatable bonds is 9. The summed E-state index contributed by atoms with van der Waals surface area (Å²) in [6, 6.07) is 0.311. The molecule has 0 aromatic carbocycles. The number of carbonyl (C=O) groups excluding carboxylic acids is 3. The minimum absolute atomic E-state index is 0.00635. The number of cyclic esters (lactones) is 1. The molecule has 3 aliphatic carbocycles. The molecule has 0 radical (unpaired) electrons. The van der Waals surface area contributed by atoms with Gasteiger partial charge in [-0.25, -0.2) is 0 Å². The van der Waals surface area contributed by atoms with Crippen LogP contribution >= 0.6 is 0 Å². The summed E-state index contributed by atoms with van der Waals surface area (Å²) in [4.78, 5) is 43.8.